The molecule has 130 valence electrons. The second-order valence-corrected chi connectivity index (χ2v) is 7.17. The van der Waals surface area contributed by atoms with E-state index in [2.05, 4.69) is 0 Å². The van der Waals surface area contributed by atoms with Crippen LogP contribution < -0.4 is 11.2 Å². The van der Waals surface area contributed by atoms with Crippen molar-refractivity contribution < 1.29 is 18.0 Å². The minimum absolute atomic E-state index is 0.133. The average molecular weight is 360 g/mol. The third-order valence-corrected chi connectivity index (χ3v) is 5.64. The van der Waals surface area contributed by atoms with E-state index in [4.69, 9.17) is 0 Å². The van der Waals surface area contributed by atoms with Crippen LogP contribution in [0, 0.1) is 12.8 Å². The SMILES string of the molecule is Cc1c(C=O)sc2c1c(=O)n([C@H]1C[C@@H]1C)c(=O)n2CCC(F)(F)F. The Hall–Kier alpha value is -1.90. The van der Waals surface area contributed by atoms with Gasteiger partial charge in [0.15, 0.2) is 6.29 Å². The summed E-state index contributed by atoms with van der Waals surface area (Å²) in [6.45, 7) is 2.87. The van der Waals surface area contributed by atoms with Crippen LogP contribution in [0.25, 0.3) is 10.2 Å². The van der Waals surface area contributed by atoms with Gasteiger partial charge in [-0.3, -0.25) is 18.7 Å². The maximum Gasteiger partial charge on any atom is 0.390 e. The van der Waals surface area contributed by atoms with Crippen molar-refractivity contribution >= 4 is 27.8 Å². The van der Waals surface area contributed by atoms with E-state index in [0.29, 0.717) is 18.3 Å². The van der Waals surface area contributed by atoms with E-state index in [9.17, 15) is 27.6 Å². The highest BCUT2D eigenvalue weighted by atomic mass is 32.1. The van der Waals surface area contributed by atoms with Crippen molar-refractivity contribution in [1.29, 1.82) is 0 Å². The molecule has 1 aliphatic carbocycles. The minimum atomic E-state index is -4.42. The normalized spacial score (nSPS) is 20.5. The predicted octanol–water partition coefficient (Wildman–Crippen LogP) is 2.88. The molecule has 1 saturated carbocycles. The van der Waals surface area contributed by atoms with Gasteiger partial charge in [-0.1, -0.05) is 6.92 Å². The highest BCUT2D eigenvalue weighted by Gasteiger charge is 2.38. The van der Waals surface area contributed by atoms with Gasteiger partial charge in [0, 0.05) is 12.6 Å². The third-order valence-electron chi connectivity index (χ3n) is 4.40. The molecule has 2 aromatic heterocycles. The van der Waals surface area contributed by atoms with Gasteiger partial charge in [-0.05, 0) is 24.8 Å². The van der Waals surface area contributed by atoms with Gasteiger partial charge >= 0.3 is 11.9 Å². The molecule has 0 radical (unpaired) electrons. The van der Waals surface area contributed by atoms with Gasteiger partial charge in [0.1, 0.15) is 4.83 Å². The average Bonchev–Trinajstić information content (AvgIpc) is 3.08. The monoisotopic (exact) mass is 360 g/mol. The number of carbonyl (C=O) groups excluding carboxylic acids is 1. The summed E-state index contributed by atoms with van der Waals surface area (Å²) < 4.78 is 39.8. The van der Waals surface area contributed by atoms with E-state index >= 15 is 0 Å². The fourth-order valence-corrected chi connectivity index (χ4v) is 4.02. The van der Waals surface area contributed by atoms with Crippen LogP contribution in [0.3, 0.4) is 0 Å². The molecule has 1 fully saturated rings. The molecular formula is C15H15F3N2O3S. The zero-order valence-electron chi connectivity index (χ0n) is 13.0. The first-order valence-electron chi connectivity index (χ1n) is 7.46. The fraction of sp³-hybridized carbons (Fsp3) is 0.533. The molecule has 0 N–H and O–H groups in total. The fourth-order valence-electron chi connectivity index (χ4n) is 2.88. The number of carbonyl (C=O) groups is 1. The van der Waals surface area contributed by atoms with Gasteiger partial charge in [0.25, 0.3) is 5.56 Å². The van der Waals surface area contributed by atoms with Crippen LogP contribution in [-0.2, 0) is 6.54 Å². The molecule has 0 saturated heterocycles. The molecular weight excluding hydrogens is 345 g/mol. The summed E-state index contributed by atoms with van der Waals surface area (Å²) in [5, 5.41) is 0.169. The van der Waals surface area contributed by atoms with E-state index < -0.39 is 30.4 Å². The molecule has 0 unspecified atom stereocenters. The molecule has 3 rings (SSSR count). The summed E-state index contributed by atoms with van der Waals surface area (Å²) in [6, 6.07) is -0.287. The number of hydrogen-bond donors (Lipinski definition) is 0. The molecule has 2 aromatic rings. The maximum atomic E-state index is 12.7. The smallest absolute Gasteiger partial charge is 0.297 e. The van der Waals surface area contributed by atoms with Crippen LogP contribution in [0.1, 0.15) is 41.0 Å². The Labute approximate surface area is 138 Å². The topological polar surface area (TPSA) is 61.1 Å². The Bertz CT molecular complexity index is 939. The minimum Gasteiger partial charge on any atom is -0.297 e. The quantitative estimate of drug-likeness (QED) is 0.788. The van der Waals surface area contributed by atoms with Gasteiger partial charge in [0.2, 0.25) is 0 Å². The van der Waals surface area contributed by atoms with E-state index in [1.807, 2.05) is 6.92 Å². The summed E-state index contributed by atoms with van der Waals surface area (Å²) in [6.07, 6.45) is -4.39. The second kappa shape index (κ2) is 5.58. The van der Waals surface area contributed by atoms with Crippen molar-refractivity contribution in [3.63, 3.8) is 0 Å². The predicted molar refractivity (Wildman–Crippen MR) is 84.0 cm³/mol. The third kappa shape index (κ3) is 2.70. The molecule has 0 aliphatic heterocycles. The molecule has 2 atom stereocenters. The largest absolute Gasteiger partial charge is 0.390 e. The molecule has 0 aromatic carbocycles. The Morgan fingerprint density at radius 1 is 1.33 bits per heavy atom. The molecule has 0 spiro atoms. The van der Waals surface area contributed by atoms with Crippen molar-refractivity contribution in [3.05, 3.63) is 31.3 Å². The summed E-state index contributed by atoms with van der Waals surface area (Å²) in [7, 11) is 0. The number of nitrogens with zero attached hydrogens (tertiary/aromatic N) is 2. The van der Waals surface area contributed by atoms with Crippen LogP contribution in [0.4, 0.5) is 13.2 Å². The van der Waals surface area contributed by atoms with Crippen LogP contribution in [0.15, 0.2) is 9.59 Å². The van der Waals surface area contributed by atoms with Crippen molar-refractivity contribution in [2.45, 2.75) is 45.5 Å². The van der Waals surface area contributed by atoms with Crippen molar-refractivity contribution in [2.24, 2.45) is 5.92 Å². The first-order valence-corrected chi connectivity index (χ1v) is 8.27. The van der Waals surface area contributed by atoms with Crippen molar-refractivity contribution in [3.8, 4) is 0 Å². The zero-order chi connectivity index (χ0) is 17.8. The van der Waals surface area contributed by atoms with Crippen LogP contribution in [0.2, 0.25) is 0 Å². The maximum absolute atomic E-state index is 12.7. The number of fused-ring (bicyclic) bond motifs is 1. The Kier molecular flexibility index (Phi) is 3.94. The van der Waals surface area contributed by atoms with E-state index in [-0.39, 0.29) is 27.1 Å². The second-order valence-electron chi connectivity index (χ2n) is 6.14. The molecule has 1 aliphatic rings. The van der Waals surface area contributed by atoms with Gasteiger partial charge in [-0.25, -0.2) is 4.79 Å². The number of hydrogen-bond acceptors (Lipinski definition) is 4. The van der Waals surface area contributed by atoms with Crippen molar-refractivity contribution in [2.75, 3.05) is 0 Å². The van der Waals surface area contributed by atoms with Gasteiger partial charge in [0.05, 0.1) is 16.7 Å². The number of rotatable bonds is 4. The standard InChI is InChI=1S/C15H15F3N2O3S/c1-7-5-9(7)20-12(22)11-8(2)10(6-21)24-13(11)19(14(20)23)4-3-15(16,17)18/h6-7,9H,3-5H2,1-2H3/t7-,9-/m0/s1. The Morgan fingerprint density at radius 3 is 2.46 bits per heavy atom. The first-order chi connectivity index (χ1) is 11.2. The molecule has 5 nitrogen and oxygen atoms in total. The number of aldehydes is 1. The van der Waals surface area contributed by atoms with Gasteiger partial charge < -0.3 is 0 Å². The number of halogens is 3. The lowest BCUT2D eigenvalue weighted by Gasteiger charge is -2.13. The number of aromatic nitrogens is 2. The Morgan fingerprint density at radius 2 is 1.96 bits per heavy atom. The number of alkyl halides is 3. The summed E-state index contributed by atoms with van der Waals surface area (Å²) in [5.74, 6) is 0.133. The number of thiophene rings is 1. The Balaban J connectivity index is 2.30. The lowest BCUT2D eigenvalue weighted by Crippen LogP contribution is -2.40. The highest BCUT2D eigenvalue weighted by molar-refractivity contribution is 7.20. The molecule has 0 bridgehead atoms. The first kappa shape index (κ1) is 16.9. The molecule has 0 amide bonds. The van der Waals surface area contributed by atoms with Gasteiger partial charge in [-0.15, -0.1) is 11.3 Å². The summed E-state index contributed by atoms with van der Waals surface area (Å²) in [4.78, 5) is 36.9. The molecule has 2 heterocycles. The van der Waals surface area contributed by atoms with Crippen LogP contribution in [-0.4, -0.2) is 21.6 Å². The summed E-state index contributed by atoms with van der Waals surface area (Å²) >= 11 is 0.885. The highest BCUT2D eigenvalue weighted by Crippen LogP contribution is 2.41. The van der Waals surface area contributed by atoms with Crippen molar-refractivity contribution in [1.82, 2.24) is 9.13 Å². The molecule has 24 heavy (non-hydrogen) atoms. The lowest BCUT2D eigenvalue weighted by molar-refractivity contribution is -0.136. The van der Waals surface area contributed by atoms with Crippen LogP contribution in [0.5, 0.6) is 0 Å². The lowest BCUT2D eigenvalue weighted by atomic mass is 10.2. The van der Waals surface area contributed by atoms with E-state index in [1.54, 1.807) is 6.92 Å². The van der Waals surface area contributed by atoms with E-state index in [1.165, 1.54) is 0 Å². The molecule has 9 heteroatoms. The van der Waals surface area contributed by atoms with Gasteiger partial charge in [-0.2, -0.15) is 13.2 Å². The zero-order valence-corrected chi connectivity index (χ0v) is 13.8. The van der Waals surface area contributed by atoms with Crippen LogP contribution >= 0.6 is 11.3 Å². The summed E-state index contributed by atoms with van der Waals surface area (Å²) in [5.41, 5.74) is -0.836. The van der Waals surface area contributed by atoms with E-state index in [0.717, 1.165) is 20.5 Å². The number of aryl methyl sites for hydroxylation is 2.